The zero-order chi connectivity index (χ0) is 20.3. The van der Waals surface area contributed by atoms with Gasteiger partial charge < -0.3 is 10.1 Å². The van der Waals surface area contributed by atoms with Gasteiger partial charge in [-0.3, -0.25) is 4.79 Å². The van der Waals surface area contributed by atoms with Gasteiger partial charge in [0, 0.05) is 22.9 Å². The number of methoxy groups -OCH3 is 1. The first-order valence-electron chi connectivity index (χ1n) is 9.09. The van der Waals surface area contributed by atoms with Crippen molar-refractivity contribution in [2.45, 2.75) is 37.5 Å². The van der Waals surface area contributed by atoms with E-state index in [4.69, 9.17) is 4.74 Å². The van der Waals surface area contributed by atoms with E-state index in [0.717, 1.165) is 17.7 Å². The average Bonchev–Trinajstić information content (AvgIpc) is 2.66. The number of carbonyl (C=O) groups is 2. The van der Waals surface area contributed by atoms with E-state index in [1.54, 1.807) is 18.2 Å². The van der Waals surface area contributed by atoms with Crippen molar-refractivity contribution in [2.24, 2.45) is 0 Å². The molecule has 0 saturated heterocycles. The molecule has 1 N–H and O–H groups in total. The van der Waals surface area contributed by atoms with Crippen molar-refractivity contribution < 1.29 is 14.3 Å². The number of esters is 1. The topological polar surface area (TPSA) is 55.4 Å². The Morgan fingerprint density at radius 1 is 1.14 bits per heavy atom. The van der Waals surface area contributed by atoms with E-state index in [0.29, 0.717) is 16.8 Å². The molecule has 1 aliphatic rings. The molecule has 5 heteroatoms. The van der Waals surface area contributed by atoms with E-state index in [1.807, 2.05) is 17.8 Å². The van der Waals surface area contributed by atoms with Gasteiger partial charge >= 0.3 is 5.97 Å². The van der Waals surface area contributed by atoms with Crippen molar-refractivity contribution in [1.29, 1.82) is 0 Å². The number of hydrogen-bond donors (Lipinski definition) is 1. The Balaban J connectivity index is 1.97. The molecule has 0 aliphatic carbocycles. The first-order chi connectivity index (χ1) is 13.3. The number of rotatable bonds is 2. The fourth-order valence-corrected chi connectivity index (χ4v) is 4.63. The quantitative estimate of drug-likeness (QED) is 0.598. The van der Waals surface area contributed by atoms with Crippen LogP contribution in [0, 0.1) is 11.8 Å². The maximum atomic E-state index is 11.8. The number of benzene rings is 2. The summed E-state index contributed by atoms with van der Waals surface area (Å²) in [5.41, 5.74) is 3.91. The van der Waals surface area contributed by atoms with Crippen LogP contribution in [-0.4, -0.2) is 24.7 Å². The molecule has 0 unspecified atom stereocenters. The molecule has 3 rings (SSSR count). The van der Waals surface area contributed by atoms with Crippen LogP contribution in [-0.2, 0) is 14.9 Å². The Bertz CT molecular complexity index is 999. The first kappa shape index (κ1) is 20.0. The van der Waals surface area contributed by atoms with Crippen molar-refractivity contribution in [1.82, 2.24) is 0 Å². The van der Waals surface area contributed by atoms with Crippen LogP contribution in [0.1, 0.15) is 54.2 Å². The molecule has 0 aromatic heterocycles. The molecular weight excluding hydrogens is 370 g/mol. The second-order valence-corrected chi connectivity index (χ2v) is 8.51. The zero-order valence-corrected chi connectivity index (χ0v) is 17.3. The second kappa shape index (κ2) is 8.12. The minimum atomic E-state index is -0.458. The van der Waals surface area contributed by atoms with Gasteiger partial charge in [0.25, 0.3) is 0 Å². The molecule has 0 spiro atoms. The lowest BCUT2D eigenvalue weighted by atomic mass is 9.81. The van der Waals surface area contributed by atoms with Gasteiger partial charge in [-0.1, -0.05) is 25.7 Å². The zero-order valence-electron chi connectivity index (χ0n) is 16.5. The molecule has 2 aromatic rings. The average molecular weight is 394 g/mol. The van der Waals surface area contributed by atoms with Crippen LogP contribution in [0.25, 0.3) is 0 Å². The van der Waals surface area contributed by atoms with Crippen molar-refractivity contribution in [3.63, 3.8) is 0 Å². The molecule has 0 saturated carbocycles. The van der Waals surface area contributed by atoms with Crippen molar-refractivity contribution in [3.8, 4) is 11.8 Å². The van der Waals surface area contributed by atoms with Crippen LogP contribution in [0.2, 0.25) is 0 Å². The molecular formula is C23H23NO3S. The summed E-state index contributed by atoms with van der Waals surface area (Å²) < 4.78 is 4.75. The molecule has 0 fully saturated rings. The highest BCUT2D eigenvalue weighted by molar-refractivity contribution is 7.99. The van der Waals surface area contributed by atoms with Crippen LogP contribution in [0.5, 0.6) is 0 Å². The van der Waals surface area contributed by atoms with Gasteiger partial charge in [-0.15, -0.1) is 11.8 Å². The minimum absolute atomic E-state index is 0.141. The maximum absolute atomic E-state index is 11.8. The Hall–Kier alpha value is -2.71. The molecule has 0 bridgehead atoms. The fourth-order valence-electron chi connectivity index (χ4n) is 3.14. The summed E-state index contributed by atoms with van der Waals surface area (Å²) in [6.45, 7) is 5.96. The van der Waals surface area contributed by atoms with Gasteiger partial charge in [0.2, 0.25) is 5.91 Å². The third kappa shape index (κ3) is 4.40. The number of fused-ring (bicyclic) bond motifs is 1. The SMILES string of the molecule is COC(=O)c1ccc(C#Cc2ccc3c(c2)C(C)(C)CCS3)c(NC(C)=O)c1. The van der Waals surface area contributed by atoms with E-state index >= 15 is 0 Å². The Labute approximate surface area is 170 Å². The third-order valence-electron chi connectivity index (χ3n) is 4.79. The van der Waals surface area contributed by atoms with Crippen LogP contribution in [0.15, 0.2) is 41.3 Å². The lowest BCUT2D eigenvalue weighted by Crippen LogP contribution is -2.22. The number of amides is 1. The summed E-state index contributed by atoms with van der Waals surface area (Å²) in [4.78, 5) is 24.6. The highest BCUT2D eigenvalue weighted by Gasteiger charge is 2.27. The van der Waals surface area contributed by atoms with E-state index in [-0.39, 0.29) is 11.3 Å². The Kier molecular flexibility index (Phi) is 5.81. The summed E-state index contributed by atoms with van der Waals surface area (Å²) >= 11 is 1.89. The molecule has 1 amide bonds. The van der Waals surface area contributed by atoms with Crippen molar-refractivity contribution >= 4 is 29.3 Å². The molecule has 144 valence electrons. The Morgan fingerprint density at radius 2 is 1.93 bits per heavy atom. The number of hydrogen-bond acceptors (Lipinski definition) is 4. The predicted molar refractivity (Wildman–Crippen MR) is 113 cm³/mol. The van der Waals surface area contributed by atoms with Gasteiger partial charge in [-0.05, 0) is 59.6 Å². The smallest absolute Gasteiger partial charge is 0.337 e. The first-order valence-corrected chi connectivity index (χ1v) is 10.1. The van der Waals surface area contributed by atoms with Crippen molar-refractivity contribution in [2.75, 3.05) is 18.2 Å². The molecule has 2 aromatic carbocycles. The standard InChI is InChI=1S/C23H23NO3S/c1-15(25)24-20-14-18(22(26)27-4)9-8-17(20)7-5-16-6-10-21-19(13-16)23(2,3)11-12-28-21/h6,8-10,13-14H,11-12H2,1-4H3,(H,24,25). The number of thioether (sulfide) groups is 1. The number of anilines is 1. The number of carbonyl (C=O) groups excluding carboxylic acids is 2. The largest absolute Gasteiger partial charge is 0.465 e. The molecule has 1 heterocycles. The normalized spacial score (nSPS) is 14.3. The summed E-state index contributed by atoms with van der Waals surface area (Å²) in [6, 6.07) is 11.3. The van der Waals surface area contributed by atoms with Crippen LogP contribution >= 0.6 is 11.8 Å². The molecule has 4 nitrogen and oxygen atoms in total. The maximum Gasteiger partial charge on any atom is 0.337 e. The predicted octanol–water partition coefficient (Wildman–Crippen LogP) is 4.60. The summed E-state index contributed by atoms with van der Waals surface area (Å²) in [5.74, 6) is 6.78. The second-order valence-electron chi connectivity index (χ2n) is 7.38. The number of nitrogens with one attached hydrogen (secondary N) is 1. The van der Waals surface area contributed by atoms with E-state index in [9.17, 15) is 9.59 Å². The van der Waals surface area contributed by atoms with Gasteiger partial charge in [-0.2, -0.15) is 0 Å². The molecule has 1 aliphatic heterocycles. The van der Waals surface area contributed by atoms with Crippen LogP contribution in [0.3, 0.4) is 0 Å². The highest BCUT2D eigenvalue weighted by Crippen LogP contribution is 2.41. The van der Waals surface area contributed by atoms with Crippen LogP contribution < -0.4 is 5.32 Å². The molecule has 0 radical (unpaired) electrons. The fraction of sp³-hybridized carbons (Fsp3) is 0.304. The highest BCUT2D eigenvalue weighted by atomic mass is 32.2. The van der Waals surface area contributed by atoms with E-state index in [2.05, 4.69) is 43.1 Å². The van der Waals surface area contributed by atoms with Gasteiger partial charge in [0.05, 0.1) is 18.4 Å². The molecule has 28 heavy (non-hydrogen) atoms. The molecule has 0 atom stereocenters. The summed E-state index contributed by atoms with van der Waals surface area (Å²) in [7, 11) is 1.32. The summed E-state index contributed by atoms with van der Waals surface area (Å²) in [5, 5.41) is 2.74. The lowest BCUT2D eigenvalue weighted by molar-refractivity contribution is -0.114. The van der Waals surface area contributed by atoms with E-state index in [1.165, 1.54) is 24.5 Å². The number of ether oxygens (including phenoxy) is 1. The van der Waals surface area contributed by atoms with Crippen molar-refractivity contribution in [3.05, 3.63) is 58.7 Å². The summed E-state index contributed by atoms with van der Waals surface area (Å²) in [6.07, 6.45) is 1.14. The van der Waals surface area contributed by atoms with Gasteiger partial charge in [0.15, 0.2) is 0 Å². The third-order valence-corrected chi connectivity index (χ3v) is 5.86. The minimum Gasteiger partial charge on any atom is -0.465 e. The van der Waals surface area contributed by atoms with Gasteiger partial charge in [-0.25, -0.2) is 4.79 Å². The van der Waals surface area contributed by atoms with Crippen LogP contribution in [0.4, 0.5) is 5.69 Å². The Morgan fingerprint density at radius 3 is 2.64 bits per heavy atom. The monoisotopic (exact) mass is 393 g/mol. The van der Waals surface area contributed by atoms with Gasteiger partial charge in [0.1, 0.15) is 0 Å². The van der Waals surface area contributed by atoms with E-state index < -0.39 is 5.97 Å². The lowest BCUT2D eigenvalue weighted by Gasteiger charge is -2.32.